The average molecular weight is 995 g/mol. The van der Waals surface area contributed by atoms with Gasteiger partial charge in [0.05, 0.1) is 73.4 Å². The van der Waals surface area contributed by atoms with Gasteiger partial charge in [-0.2, -0.15) is 50.0 Å². The van der Waals surface area contributed by atoms with E-state index < -0.39 is 35.2 Å². The van der Waals surface area contributed by atoms with E-state index >= 15 is 0 Å². The standard InChI is InChI=1S/C61H35F9N4/c1-34-21-41(25-43(22-34)59(62,63)64)38-13-18-55-50(28-38)47-7-3-5-9-53(47)73(55)56-20-15-40(46-16-11-36(32-71)23-35(46)2)30-52(56)49-17-12-37(33-72)24-58(49)74-54-10-6-4-8-48(54)51-29-39(14-19-57(51)74)42-26-44(60(65,66)67)31-45(27-42)61(68,69)70/h3-31H,1-2H3. The maximum Gasteiger partial charge on any atom is 0.416 e. The normalized spacial score (nSPS) is 12.2. The Morgan fingerprint density at radius 3 is 1.34 bits per heavy atom. The molecule has 11 aromatic rings. The number of alkyl halides is 9. The Kier molecular flexibility index (Phi) is 11.1. The topological polar surface area (TPSA) is 57.4 Å². The maximum atomic E-state index is 14.1. The summed E-state index contributed by atoms with van der Waals surface area (Å²) in [4.78, 5) is 0. The lowest BCUT2D eigenvalue weighted by Gasteiger charge is -2.20. The van der Waals surface area contributed by atoms with Gasteiger partial charge in [0.25, 0.3) is 0 Å². The molecule has 11 rings (SSSR count). The van der Waals surface area contributed by atoms with Crippen LogP contribution in [0.2, 0.25) is 0 Å². The number of para-hydroxylation sites is 2. The molecule has 0 fully saturated rings. The van der Waals surface area contributed by atoms with Crippen LogP contribution < -0.4 is 0 Å². The fraction of sp³-hybridized carbons (Fsp3) is 0.0820. The van der Waals surface area contributed by atoms with Crippen molar-refractivity contribution in [3.63, 3.8) is 0 Å². The van der Waals surface area contributed by atoms with Crippen LogP contribution in [-0.2, 0) is 18.5 Å². The second-order valence-electron chi connectivity index (χ2n) is 18.3. The smallest absolute Gasteiger partial charge is 0.309 e. The summed E-state index contributed by atoms with van der Waals surface area (Å²) in [6.45, 7) is 3.53. The number of rotatable bonds is 6. The Balaban J connectivity index is 1.18. The highest BCUT2D eigenvalue weighted by atomic mass is 19.4. The molecule has 0 aliphatic heterocycles. The zero-order valence-corrected chi connectivity index (χ0v) is 38.9. The van der Waals surface area contributed by atoms with Gasteiger partial charge in [-0.05, 0) is 161 Å². The van der Waals surface area contributed by atoms with Gasteiger partial charge in [0.15, 0.2) is 0 Å². The van der Waals surface area contributed by atoms with E-state index in [9.17, 15) is 50.0 Å². The molecule has 2 heterocycles. The van der Waals surface area contributed by atoms with Crippen molar-refractivity contribution in [1.29, 1.82) is 10.5 Å². The molecule has 0 radical (unpaired) electrons. The van der Waals surface area contributed by atoms with Gasteiger partial charge < -0.3 is 9.13 Å². The highest BCUT2D eigenvalue weighted by Gasteiger charge is 2.37. The molecular formula is C61H35F9N4. The van der Waals surface area contributed by atoms with Crippen molar-refractivity contribution in [1.82, 2.24) is 9.13 Å². The average Bonchev–Trinajstić information content (AvgIpc) is 3.89. The Labute approximate surface area is 416 Å². The summed E-state index contributed by atoms with van der Waals surface area (Å²) < 4.78 is 131. The highest BCUT2D eigenvalue weighted by Crippen LogP contribution is 2.46. The number of halogens is 9. The summed E-state index contributed by atoms with van der Waals surface area (Å²) >= 11 is 0. The third-order valence-corrected chi connectivity index (χ3v) is 13.6. The van der Waals surface area contributed by atoms with Crippen LogP contribution in [0.4, 0.5) is 39.5 Å². The Morgan fingerprint density at radius 1 is 0.351 bits per heavy atom. The fourth-order valence-corrected chi connectivity index (χ4v) is 10.2. The molecule has 74 heavy (non-hydrogen) atoms. The van der Waals surface area contributed by atoms with E-state index in [1.807, 2.05) is 96.4 Å². The molecule has 4 nitrogen and oxygen atoms in total. The molecule has 0 bridgehead atoms. The minimum absolute atomic E-state index is 0.0988. The zero-order chi connectivity index (χ0) is 52.0. The number of hydrogen-bond acceptors (Lipinski definition) is 2. The van der Waals surface area contributed by atoms with Crippen LogP contribution >= 0.6 is 0 Å². The molecule has 0 unspecified atom stereocenters. The van der Waals surface area contributed by atoms with Crippen LogP contribution in [0.5, 0.6) is 0 Å². The third-order valence-electron chi connectivity index (χ3n) is 13.6. The SMILES string of the molecule is Cc1cc(-c2ccc3c(c2)c2ccccc2n3-c2ccc(-c3ccc(C#N)cc3C)cc2-c2ccc(C#N)cc2-n2c3ccccc3c3cc(-c4cc(C(F)(F)F)cc(C(F)(F)F)c4)ccc32)cc(C(F)(F)F)c1. The summed E-state index contributed by atoms with van der Waals surface area (Å²) in [5.74, 6) is 0. The number of nitrogens with zero attached hydrogens (tertiary/aromatic N) is 4. The van der Waals surface area contributed by atoms with Crippen molar-refractivity contribution in [2.24, 2.45) is 0 Å². The molecule has 362 valence electrons. The van der Waals surface area contributed by atoms with E-state index in [-0.39, 0.29) is 17.2 Å². The molecule has 0 saturated heterocycles. The summed E-state index contributed by atoms with van der Waals surface area (Å²) in [6, 6.07) is 51.8. The Morgan fingerprint density at radius 2 is 0.811 bits per heavy atom. The first-order valence-corrected chi connectivity index (χ1v) is 23.0. The van der Waals surface area contributed by atoms with Crippen LogP contribution in [0.1, 0.15) is 38.9 Å². The van der Waals surface area contributed by atoms with Gasteiger partial charge in [0.2, 0.25) is 0 Å². The molecule has 0 spiro atoms. The molecule has 0 N–H and O–H groups in total. The van der Waals surface area contributed by atoms with Crippen LogP contribution in [-0.4, -0.2) is 9.13 Å². The van der Waals surface area contributed by atoms with Gasteiger partial charge in [0, 0.05) is 32.7 Å². The zero-order valence-electron chi connectivity index (χ0n) is 38.9. The van der Waals surface area contributed by atoms with Crippen LogP contribution in [0, 0.1) is 36.5 Å². The van der Waals surface area contributed by atoms with E-state index in [2.05, 4.69) is 16.7 Å². The quantitative estimate of drug-likeness (QED) is 0.156. The lowest BCUT2D eigenvalue weighted by Crippen LogP contribution is -2.11. The molecule has 0 aliphatic carbocycles. The minimum atomic E-state index is -5.05. The van der Waals surface area contributed by atoms with Gasteiger partial charge in [-0.25, -0.2) is 0 Å². The molecule has 13 heteroatoms. The monoisotopic (exact) mass is 994 g/mol. The van der Waals surface area contributed by atoms with Crippen LogP contribution in [0.3, 0.4) is 0 Å². The minimum Gasteiger partial charge on any atom is -0.309 e. The van der Waals surface area contributed by atoms with Gasteiger partial charge in [-0.15, -0.1) is 0 Å². The molecule has 0 amide bonds. The molecular weight excluding hydrogens is 960 g/mol. The van der Waals surface area contributed by atoms with E-state index in [4.69, 9.17) is 0 Å². The first kappa shape index (κ1) is 47.3. The van der Waals surface area contributed by atoms with E-state index in [0.29, 0.717) is 84.3 Å². The maximum absolute atomic E-state index is 14.1. The molecule has 0 aliphatic rings. The highest BCUT2D eigenvalue weighted by molar-refractivity contribution is 6.13. The third kappa shape index (κ3) is 8.17. The number of aryl methyl sites for hydroxylation is 2. The van der Waals surface area contributed by atoms with Crippen molar-refractivity contribution in [3.8, 4) is 68.0 Å². The summed E-state index contributed by atoms with van der Waals surface area (Å²) in [7, 11) is 0. The molecule has 0 saturated carbocycles. The van der Waals surface area contributed by atoms with Crippen LogP contribution in [0.15, 0.2) is 176 Å². The van der Waals surface area contributed by atoms with Crippen molar-refractivity contribution in [2.45, 2.75) is 32.4 Å². The Hall–Kier alpha value is -9.07. The predicted molar refractivity (Wildman–Crippen MR) is 271 cm³/mol. The fourth-order valence-electron chi connectivity index (χ4n) is 10.2. The first-order valence-electron chi connectivity index (χ1n) is 23.0. The summed E-state index contributed by atoms with van der Waals surface area (Å²) in [5, 5.41) is 22.9. The first-order chi connectivity index (χ1) is 35.3. The summed E-state index contributed by atoms with van der Waals surface area (Å²) in [6.07, 6.45) is -14.7. The number of nitriles is 2. The number of benzene rings is 9. The number of aromatic nitrogens is 2. The van der Waals surface area contributed by atoms with Gasteiger partial charge >= 0.3 is 18.5 Å². The molecule has 2 aromatic heterocycles. The van der Waals surface area contributed by atoms with E-state index in [0.717, 1.165) is 50.6 Å². The van der Waals surface area contributed by atoms with E-state index in [1.165, 1.54) is 6.07 Å². The molecule has 9 aromatic carbocycles. The van der Waals surface area contributed by atoms with E-state index in [1.54, 1.807) is 61.5 Å². The lowest BCUT2D eigenvalue weighted by atomic mass is 9.92. The van der Waals surface area contributed by atoms with Crippen molar-refractivity contribution in [2.75, 3.05) is 0 Å². The lowest BCUT2D eigenvalue weighted by molar-refractivity contribution is -0.143. The predicted octanol–water partition coefficient (Wildman–Crippen LogP) is 18.0. The number of fused-ring (bicyclic) bond motifs is 6. The second kappa shape index (κ2) is 17.3. The van der Waals surface area contributed by atoms with Gasteiger partial charge in [-0.3, -0.25) is 0 Å². The molecule has 0 atom stereocenters. The second-order valence-corrected chi connectivity index (χ2v) is 18.3. The summed E-state index contributed by atoms with van der Waals surface area (Å²) in [5.41, 5.74) is 6.11. The van der Waals surface area contributed by atoms with Crippen molar-refractivity contribution in [3.05, 3.63) is 215 Å². The van der Waals surface area contributed by atoms with Gasteiger partial charge in [0.1, 0.15) is 0 Å². The largest absolute Gasteiger partial charge is 0.416 e. The Bertz CT molecular complexity index is 4180. The van der Waals surface area contributed by atoms with Crippen molar-refractivity contribution >= 4 is 43.6 Å². The van der Waals surface area contributed by atoms with Gasteiger partial charge in [-0.1, -0.05) is 72.8 Å². The van der Waals surface area contributed by atoms with Crippen molar-refractivity contribution < 1.29 is 39.5 Å². The number of hydrogen-bond donors (Lipinski definition) is 0. The van der Waals surface area contributed by atoms with Crippen LogP contribution in [0.25, 0.3) is 99.5 Å².